The monoisotopic (exact) mass is 231 g/mol. The van der Waals surface area contributed by atoms with Crippen molar-refractivity contribution in [1.82, 2.24) is 4.98 Å². The second-order valence-electron chi connectivity index (χ2n) is 3.95. The van der Waals surface area contributed by atoms with Gasteiger partial charge in [-0.15, -0.1) is 0 Å². The van der Waals surface area contributed by atoms with Gasteiger partial charge in [-0.2, -0.15) is 0 Å². The Morgan fingerprint density at radius 3 is 3.06 bits per heavy atom. The summed E-state index contributed by atoms with van der Waals surface area (Å²) in [6, 6.07) is 7.85. The quantitative estimate of drug-likeness (QED) is 0.804. The fourth-order valence-electron chi connectivity index (χ4n) is 1.93. The molecule has 0 aliphatic rings. The highest BCUT2D eigenvalue weighted by Gasteiger charge is 2.10. The van der Waals surface area contributed by atoms with Crippen molar-refractivity contribution in [3.8, 4) is 0 Å². The molecule has 1 unspecified atom stereocenters. The van der Waals surface area contributed by atoms with Crippen LogP contribution in [0.3, 0.4) is 0 Å². The average molecular weight is 231 g/mol. The molecule has 0 radical (unpaired) electrons. The predicted octanol–water partition coefficient (Wildman–Crippen LogP) is 2.69. The number of rotatable bonds is 5. The van der Waals surface area contributed by atoms with Gasteiger partial charge >= 0.3 is 0 Å². The first-order chi connectivity index (χ1) is 8.33. The SMILES string of the molecule is CCOCCC(O)c1cccc2cnccc12. The van der Waals surface area contributed by atoms with Crippen LogP contribution in [0.25, 0.3) is 10.8 Å². The molecule has 0 aliphatic heterocycles. The third-order valence-electron chi connectivity index (χ3n) is 2.81. The number of hydrogen-bond acceptors (Lipinski definition) is 3. The number of aliphatic hydroxyl groups excluding tert-OH is 1. The van der Waals surface area contributed by atoms with Crippen LogP contribution in [0.5, 0.6) is 0 Å². The standard InChI is InChI=1S/C14H17NO2/c1-2-17-9-7-14(16)13-5-3-4-11-10-15-8-6-12(11)13/h3-6,8,10,14,16H,2,7,9H2,1H3. The molecule has 1 atom stereocenters. The highest BCUT2D eigenvalue weighted by Crippen LogP contribution is 2.25. The van der Waals surface area contributed by atoms with E-state index in [0.717, 1.165) is 16.3 Å². The minimum atomic E-state index is -0.479. The van der Waals surface area contributed by atoms with Crippen LogP contribution in [0.1, 0.15) is 25.0 Å². The molecule has 0 bridgehead atoms. The lowest BCUT2D eigenvalue weighted by Gasteiger charge is -2.13. The molecule has 90 valence electrons. The average Bonchev–Trinajstić information content (AvgIpc) is 2.38. The van der Waals surface area contributed by atoms with Gasteiger partial charge in [0.1, 0.15) is 0 Å². The highest BCUT2D eigenvalue weighted by atomic mass is 16.5. The van der Waals surface area contributed by atoms with Crippen molar-refractivity contribution in [2.45, 2.75) is 19.4 Å². The fourth-order valence-corrected chi connectivity index (χ4v) is 1.93. The normalized spacial score (nSPS) is 12.8. The van der Waals surface area contributed by atoms with E-state index in [9.17, 15) is 5.11 Å². The summed E-state index contributed by atoms with van der Waals surface area (Å²) in [6.45, 7) is 3.22. The number of nitrogens with zero attached hydrogens (tertiary/aromatic N) is 1. The van der Waals surface area contributed by atoms with E-state index in [-0.39, 0.29) is 0 Å². The van der Waals surface area contributed by atoms with Crippen LogP contribution in [0.4, 0.5) is 0 Å². The summed E-state index contributed by atoms with van der Waals surface area (Å²) in [5.41, 5.74) is 0.949. The molecule has 0 fully saturated rings. The third-order valence-corrected chi connectivity index (χ3v) is 2.81. The van der Waals surface area contributed by atoms with Crippen LogP contribution in [0, 0.1) is 0 Å². The van der Waals surface area contributed by atoms with E-state index in [1.807, 2.05) is 37.4 Å². The second kappa shape index (κ2) is 5.75. The lowest BCUT2D eigenvalue weighted by atomic mass is 10.0. The number of pyridine rings is 1. The van der Waals surface area contributed by atoms with E-state index in [1.165, 1.54) is 0 Å². The Morgan fingerprint density at radius 2 is 2.24 bits per heavy atom. The van der Waals surface area contributed by atoms with Crippen LogP contribution in [0.2, 0.25) is 0 Å². The molecule has 2 rings (SSSR count). The number of aromatic nitrogens is 1. The Balaban J connectivity index is 2.22. The Labute approximate surface area is 101 Å². The topological polar surface area (TPSA) is 42.4 Å². The van der Waals surface area contributed by atoms with E-state index in [0.29, 0.717) is 19.6 Å². The zero-order valence-electron chi connectivity index (χ0n) is 9.97. The first kappa shape index (κ1) is 12.0. The summed E-state index contributed by atoms with van der Waals surface area (Å²) in [5, 5.41) is 12.3. The molecule has 3 nitrogen and oxygen atoms in total. The van der Waals surface area contributed by atoms with Gasteiger partial charge in [0.25, 0.3) is 0 Å². The van der Waals surface area contributed by atoms with Crippen LogP contribution in [-0.2, 0) is 4.74 Å². The lowest BCUT2D eigenvalue weighted by Crippen LogP contribution is -2.03. The van der Waals surface area contributed by atoms with Gasteiger partial charge in [-0.05, 0) is 23.9 Å². The predicted molar refractivity (Wildman–Crippen MR) is 67.8 cm³/mol. The van der Waals surface area contributed by atoms with Crippen LogP contribution >= 0.6 is 0 Å². The summed E-state index contributed by atoms with van der Waals surface area (Å²) < 4.78 is 5.27. The number of ether oxygens (including phenoxy) is 1. The van der Waals surface area contributed by atoms with E-state index >= 15 is 0 Å². The van der Waals surface area contributed by atoms with Crippen LogP contribution < -0.4 is 0 Å². The van der Waals surface area contributed by atoms with Crippen molar-refractivity contribution in [2.24, 2.45) is 0 Å². The van der Waals surface area contributed by atoms with Gasteiger partial charge < -0.3 is 9.84 Å². The van der Waals surface area contributed by atoms with Crippen molar-refractivity contribution in [3.63, 3.8) is 0 Å². The molecule has 1 N–H and O–H groups in total. The van der Waals surface area contributed by atoms with Gasteiger partial charge in [-0.1, -0.05) is 18.2 Å². The maximum atomic E-state index is 10.1. The Kier molecular flexibility index (Phi) is 4.07. The molecule has 0 saturated heterocycles. The van der Waals surface area contributed by atoms with E-state index in [4.69, 9.17) is 4.74 Å². The van der Waals surface area contributed by atoms with Crippen LogP contribution in [-0.4, -0.2) is 23.3 Å². The highest BCUT2D eigenvalue weighted by molar-refractivity contribution is 5.85. The lowest BCUT2D eigenvalue weighted by molar-refractivity contribution is 0.0893. The minimum Gasteiger partial charge on any atom is -0.388 e. The minimum absolute atomic E-state index is 0.479. The van der Waals surface area contributed by atoms with E-state index < -0.39 is 6.10 Å². The summed E-state index contributed by atoms with van der Waals surface area (Å²) in [6.07, 6.45) is 3.71. The zero-order valence-corrected chi connectivity index (χ0v) is 9.97. The molecule has 1 heterocycles. The summed E-state index contributed by atoms with van der Waals surface area (Å²) in [5.74, 6) is 0. The Bertz CT molecular complexity index is 479. The number of aliphatic hydroxyl groups is 1. The van der Waals surface area contributed by atoms with Gasteiger partial charge in [0.2, 0.25) is 0 Å². The van der Waals surface area contributed by atoms with Gasteiger partial charge in [-0.3, -0.25) is 4.98 Å². The second-order valence-corrected chi connectivity index (χ2v) is 3.95. The van der Waals surface area contributed by atoms with Crippen molar-refractivity contribution in [2.75, 3.05) is 13.2 Å². The number of fused-ring (bicyclic) bond motifs is 1. The Hall–Kier alpha value is -1.45. The zero-order chi connectivity index (χ0) is 12.1. The van der Waals surface area contributed by atoms with Crippen molar-refractivity contribution >= 4 is 10.8 Å². The maximum absolute atomic E-state index is 10.1. The van der Waals surface area contributed by atoms with Gasteiger partial charge in [0.15, 0.2) is 0 Å². The first-order valence-corrected chi connectivity index (χ1v) is 5.91. The molecule has 17 heavy (non-hydrogen) atoms. The van der Waals surface area contributed by atoms with Crippen molar-refractivity contribution in [1.29, 1.82) is 0 Å². The fraction of sp³-hybridized carbons (Fsp3) is 0.357. The maximum Gasteiger partial charge on any atom is 0.0818 e. The van der Waals surface area contributed by atoms with Crippen molar-refractivity contribution < 1.29 is 9.84 Å². The summed E-state index contributed by atoms with van der Waals surface area (Å²) >= 11 is 0. The molecule has 0 amide bonds. The van der Waals surface area contributed by atoms with E-state index in [1.54, 1.807) is 6.20 Å². The molecule has 1 aromatic heterocycles. The Morgan fingerprint density at radius 1 is 1.35 bits per heavy atom. The van der Waals surface area contributed by atoms with Gasteiger partial charge in [-0.25, -0.2) is 0 Å². The molecule has 2 aromatic rings. The molecule has 0 aliphatic carbocycles. The molecular weight excluding hydrogens is 214 g/mol. The third kappa shape index (κ3) is 2.81. The van der Waals surface area contributed by atoms with E-state index in [2.05, 4.69) is 4.98 Å². The smallest absolute Gasteiger partial charge is 0.0818 e. The number of benzene rings is 1. The number of hydrogen-bond donors (Lipinski definition) is 1. The van der Waals surface area contributed by atoms with Gasteiger partial charge in [0, 0.05) is 37.4 Å². The van der Waals surface area contributed by atoms with Gasteiger partial charge in [0.05, 0.1) is 6.10 Å². The first-order valence-electron chi connectivity index (χ1n) is 5.91. The summed E-state index contributed by atoms with van der Waals surface area (Å²) in [4.78, 5) is 4.08. The largest absolute Gasteiger partial charge is 0.388 e. The molecule has 0 saturated carbocycles. The van der Waals surface area contributed by atoms with Crippen molar-refractivity contribution in [3.05, 3.63) is 42.2 Å². The molecule has 3 heteroatoms. The molecule has 1 aromatic carbocycles. The summed E-state index contributed by atoms with van der Waals surface area (Å²) in [7, 11) is 0. The molecule has 0 spiro atoms. The molecular formula is C14H17NO2. The van der Waals surface area contributed by atoms with Crippen LogP contribution in [0.15, 0.2) is 36.7 Å².